The Bertz CT molecular complexity index is 967. The quantitative estimate of drug-likeness (QED) is 0.282. The zero-order valence-corrected chi connectivity index (χ0v) is 17.7. The van der Waals surface area contributed by atoms with Crippen molar-refractivity contribution in [2.24, 2.45) is 0 Å². The summed E-state index contributed by atoms with van der Waals surface area (Å²) in [5, 5.41) is 2.49. The fourth-order valence-electron chi connectivity index (χ4n) is 2.61. The van der Waals surface area contributed by atoms with Gasteiger partial charge in [-0.05, 0) is 18.2 Å². The van der Waals surface area contributed by atoms with Crippen molar-refractivity contribution >= 4 is 23.6 Å². The molecule has 0 fully saturated rings. The van der Waals surface area contributed by atoms with Crippen molar-refractivity contribution in [3.8, 4) is 0 Å². The summed E-state index contributed by atoms with van der Waals surface area (Å²) < 4.78 is 9.44. The first kappa shape index (κ1) is 24.0. The highest BCUT2D eigenvalue weighted by atomic mass is 16.5. The van der Waals surface area contributed by atoms with Gasteiger partial charge in [-0.15, -0.1) is 0 Å². The van der Waals surface area contributed by atoms with Crippen LogP contribution >= 0.6 is 0 Å². The van der Waals surface area contributed by atoms with Crippen molar-refractivity contribution in [2.75, 3.05) is 14.2 Å². The van der Waals surface area contributed by atoms with Crippen molar-refractivity contribution in [1.29, 1.82) is 0 Å². The van der Waals surface area contributed by atoms with Gasteiger partial charge in [-0.25, -0.2) is 9.59 Å². The number of allylic oxidation sites excluding steroid dienone is 4. The number of hydrogen-bond donors (Lipinski definition) is 1. The minimum absolute atomic E-state index is 0.0917. The lowest BCUT2D eigenvalue weighted by Gasteiger charge is -2.07. The SMILES string of the molecule is COC(=O)C(=CC=C/C=C(\NC(=O)c1ccccc1)C(=O)OC)CC(=O)c1ccccc1. The zero-order chi connectivity index (χ0) is 23.3. The van der Waals surface area contributed by atoms with E-state index in [0.29, 0.717) is 11.1 Å². The molecule has 0 aliphatic carbocycles. The molecule has 1 amide bonds. The lowest BCUT2D eigenvalue weighted by Crippen LogP contribution is -2.28. The molecular weight excluding hydrogens is 410 g/mol. The average Bonchev–Trinajstić information content (AvgIpc) is 2.84. The Kier molecular flexibility index (Phi) is 9.33. The Balaban J connectivity index is 2.18. The molecular formula is C25H23NO6. The summed E-state index contributed by atoms with van der Waals surface area (Å²) in [5.74, 6) is -2.10. The third kappa shape index (κ3) is 7.21. The molecule has 7 heteroatoms. The maximum atomic E-state index is 12.4. The zero-order valence-electron chi connectivity index (χ0n) is 17.7. The van der Waals surface area contributed by atoms with Crippen LogP contribution in [0.3, 0.4) is 0 Å². The summed E-state index contributed by atoms with van der Waals surface area (Å²) >= 11 is 0. The number of hydrogen-bond acceptors (Lipinski definition) is 6. The van der Waals surface area contributed by atoms with Gasteiger partial charge < -0.3 is 14.8 Å². The summed E-state index contributed by atoms with van der Waals surface area (Å²) in [4.78, 5) is 48.7. The first-order chi connectivity index (χ1) is 15.5. The number of esters is 2. The Hall–Kier alpha value is -4.26. The largest absolute Gasteiger partial charge is 0.466 e. The van der Waals surface area contributed by atoms with Crippen LogP contribution in [0.1, 0.15) is 27.1 Å². The van der Waals surface area contributed by atoms with Gasteiger partial charge in [0, 0.05) is 23.1 Å². The van der Waals surface area contributed by atoms with Gasteiger partial charge >= 0.3 is 11.9 Å². The van der Waals surface area contributed by atoms with Crippen LogP contribution in [-0.4, -0.2) is 37.8 Å². The fraction of sp³-hybridized carbons (Fsp3) is 0.120. The number of benzene rings is 2. The van der Waals surface area contributed by atoms with Gasteiger partial charge in [-0.3, -0.25) is 9.59 Å². The minimum Gasteiger partial charge on any atom is -0.466 e. The van der Waals surface area contributed by atoms with Crippen LogP contribution in [0.4, 0.5) is 0 Å². The van der Waals surface area contributed by atoms with E-state index in [-0.39, 0.29) is 23.5 Å². The van der Waals surface area contributed by atoms with Gasteiger partial charge in [0.2, 0.25) is 0 Å². The van der Waals surface area contributed by atoms with Crippen LogP contribution in [0.2, 0.25) is 0 Å². The van der Waals surface area contributed by atoms with Gasteiger partial charge in [0.05, 0.1) is 14.2 Å². The van der Waals surface area contributed by atoms with Gasteiger partial charge in [-0.2, -0.15) is 0 Å². The molecule has 0 aromatic heterocycles. The first-order valence-corrected chi connectivity index (χ1v) is 9.65. The highest BCUT2D eigenvalue weighted by molar-refractivity contribution is 6.03. The number of amides is 1. The third-order valence-electron chi connectivity index (χ3n) is 4.26. The molecule has 0 bridgehead atoms. The predicted molar refractivity (Wildman–Crippen MR) is 119 cm³/mol. The van der Waals surface area contributed by atoms with E-state index in [1.54, 1.807) is 60.7 Å². The van der Waals surface area contributed by atoms with Gasteiger partial charge in [-0.1, -0.05) is 66.8 Å². The number of ketones is 1. The van der Waals surface area contributed by atoms with Gasteiger partial charge in [0.1, 0.15) is 5.70 Å². The molecule has 0 radical (unpaired) electrons. The molecule has 32 heavy (non-hydrogen) atoms. The number of carbonyl (C=O) groups is 4. The van der Waals surface area contributed by atoms with Gasteiger partial charge in [0.25, 0.3) is 5.91 Å². The van der Waals surface area contributed by atoms with Crippen LogP contribution in [-0.2, 0) is 19.1 Å². The second-order valence-electron chi connectivity index (χ2n) is 6.43. The number of rotatable bonds is 9. The van der Waals surface area contributed by atoms with E-state index >= 15 is 0 Å². The van der Waals surface area contributed by atoms with Crippen LogP contribution in [0.15, 0.2) is 96.2 Å². The number of carbonyl (C=O) groups excluding carboxylic acids is 4. The summed E-state index contributed by atoms with van der Waals surface area (Å²) in [5.41, 5.74) is 0.895. The molecule has 1 N–H and O–H groups in total. The van der Waals surface area contributed by atoms with Gasteiger partial charge in [0.15, 0.2) is 5.78 Å². The smallest absolute Gasteiger partial charge is 0.354 e. The second kappa shape index (κ2) is 12.4. The molecule has 0 heterocycles. The third-order valence-corrected chi connectivity index (χ3v) is 4.26. The number of methoxy groups -OCH3 is 2. The van der Waals surface area contributed by atoms with E-state index in [0.717, 1.165) is 0 Å². The monoisotopic (exact) mass is 433 g/mol. The van der Waals surface area contributed by atoms with Crippen molar-refractivity contribution < 1.29 is 28.7 Å². The second-order valence-corrected chi connectivity index (χ2v) is 6.43. The van der Waals surface area contributed by atoms with Crippen LogP contribution < -0.4 is 5.32 Å². The number of ether oxygens (including phenoxy) is 2. The molecule has 0 aliphatic heterocycles. The molecule has 0 unspecified atom stereocenters. The van der Waals surface area contributed by atoms with E-state index in [2.05, 4.69) is 5.32 Å². The van der Waals surface area contributed by atoms with Crippen LogP contribution in [0, 0.1) is 0 Å². The molecule has 7 nitrogen and oxygen atoms in total. The van der Waals surface area contributed by atoms with Crippen molar-refractivity contribution in [3.63, 3.8) is 0 Å². The fourth-order valence-corrected chi connectivity index (χ4v) is 2.61. The Morgan fingerprint density at radius 3 is 1.84 bits per heavy atom. The van der Waals surface area contributed by atoms with E-state index in [1.165, 1.54) is 38.5 Å². The summed E-state index contributed by atoms with van der Waals surface area (Å²) in [6, 6.07) is 17.0. The molecule has 2 aromatic rings. The highest BCUT2D eigenvalue weighted by Gasteiger charge is 2.16. The maximum Gasteiger partial charge on any atom is 0.354 e. The summed E-state index contributed by atoms with van der Waals surface area (Å²) in [6.45, 7) is 0. The normalized spacial score (nSPS) is 11.7. The number of Topliss-reactive ketones (excluding diaryl/α,β-unsaturated/α-hetero) is 1. The summed E-state index contributed by atoms with van der Waals surface area (Å²) in [6.07, 6.45) is 5.49. The maximum absolute atomic E-state index is 12.4. The molecule has 0 saturated carbocycles. The topological polar surface area (TPSA) is 98.8 Å². The van der Waals surface area contributed by atoms with Crippen LogP contribution in [0.5, 0.6) is 0 Å². The molecule has 164 valence electrons. The lowest BCUT2D eigenvalue weighted by atomic mass is 10.0. The van der Waals surface area contributed by atoms with Crippen LogP contribution in [0.25, 0.3) is 0 Å². The Labute approximate surface area is 186 Å². The molecule has 2 rings (SSSR count). The average molecular weight is 433 g/mol. The molecule has 0 spiro atoms. The van der Waals surface area contributed by atoms with E-state index < -0.39 is 17.8 Å². The molecule has 0 atom stereocenters. The standard InChI is InChI=1S/C25H23NO6/c1-31-24(29)20(17-22(27)18-11-5-3-6-12-18)15-9-10-16-21(25(30)32-2)26-23(28)19-13-7-4-8-14-19/h3-16H,17H2,1-2H3,(H,26,28)/b10-9?,20-15?,21-16-. The van der Waals surface area contributed by atoms with E-state index in [4.69, 9.17) is 9.47 Å². The van der Waals surface area contributed by atoms with E-state index in [9.17, 15) is 19.2 Å². The molecule has 0 saturated heterocycles. The summed E-state index contributed by atoms with van der Waals surface area (Å²) in [7, 11) is 2.42. The van der Waals surface area contributed by atoms with E-state index in [1.807, 2.05) is 0 Å². The Morgan fingerprint density at radius 1 is 0.750 bits per heavy atom. The Morgan fingerprint density at radius 2 is 1.28 bits per heavy atom. The molecule has 0 aliphatic rings. The minimum atomic E-state index is -0.740. The van der Waals surface area contributed by atoms with Crippen molar-refractivity contribution in [3.05, 3.63) is 107 Å². The first-order valence-electron chi connectivity index (χ1n) is 9.65. The molecule has 2 aromatic carbocycles. The van der Waals surface area contributed by atoms with Crippen molar-refractivity contribution in [2.45, 2.75) is 6.42 Å². The highest BCUT2D eigenvalue weighted by Crippen LogP contribution is 2.11. The van der Waals surface area contributed by atoms with Crippen molar-refractivity contribution in [1.82, 2.24) is 5.32 Å². The lowest BCUT2D eigenvalue weighted by molar-refractivity contribution is -0.137. The number of nitrogens with one attached hydrogen (secondary N) is 1. The predicted octanol–water partition coefficient (Wildman–Crippen LogP) is 3.40.